The Kier molecular flexibility index (Phi) is 4.64. The van der Waals surface area contributed by atoms with E-state index in [0.717, 1.165) is 12.1 Å². The first-order chi connectivity index (χ1) is 7.56. The first-order valence-corrected chi connectivity index (χ1v) is 5.06. The summed E-state index contributed by atoms with van der Waals surface area (Å²) in [5, 5.41) is 9.47. The van der Waals surface area contributed by atoms with Crippen LogP contribution < -0.4 is 10.5 Å². The van der Waals surface area contributed by atoms with Crippen molar-refractivity contribution in [2.75, 3.05) is 6.61 Å². The Morgan fingerprint density at radius 1 is 1.38 bits per heavy atom. The second-order valence-corrected chi connectivity index (χ2v) is 3.50. The van der Waals surface area contributed by atoms with Crippen LogP contribution in [-0.2, 0) is 0 Å². The smallest absolute Gasteiger partial charge is 0.190 e. The number of hydrogen-bond acceptors (Lipinski definition) is 3. The molecule has 0 aliphatic carbocycles. The van der Waals surface area contributed by atoms with Crippen LogP contribution in [0.5, 0.6) is 5.75 Å². The third-order valence-electron chi connectivity index (χ3n) is 2.28. The fourth-order valence-electron chi connectivity index (χ4n) is 1.18. The highest BCUT2D eigenvalue weighted by atomic mass is 19.1. The molecule has 0 aliphatic heterocycles. The van der Waals surface area contributed by atoms with Crippen molar-refractivity contribution in [1.29, 1.82) is 0 Å². The van der Waals surface area contributed by atoms with Crippen molar-refractivity contribution >= 4 is 0 Å². The Labute approximate surface area is 92.8 Å². The van der Waals surface area contributed by atoms with Crippen molar-refractivity contribution < 1.29 is 18.6 Å². The molecule has 2 atom stereocenters. The predicted molar refractivity (Wildman–Crippen MR) is 56.1 cm³/mol. The van der Waals surface area contributed by atoms with Gasteiger partial charge in [-0.15, -0.1) is 0 Å². The molecular formula is C11H15F2NO2. The van der Waals surface area contributed by atoms with Crippen LogP contribution in [0.3, 0.4) is 0 Å². The van der Waals surface area contributed by atoms with Gasteiger partial charge in [-0.1, -0.05) is 13.0 Å². The SMILES string of the molecule is CCC(N)C(O)COc1c(F)cccc1F. The average molecular weight is 231 g/mol. The van der Waals surface area contributed by atoms with E-state index in [0.29, 0.717) is 6.42 Å². The Morgan fingerprint density at radius 3 is 2.44 bits per heavy atom. The molecule has 0 aliphatic rings. The quantitative estimate of drug-likeness (QED) is 0.806. The van der Waals surface area contributed by atoms with E-state index >= 15 is 0 Å². The van der Waals surface area contributed by atoms with Crippen LogP contribution in [0, 0.1) is 11.6 Å². The molecule has 3 N–H and O–H groups in total. The van der Waals surface area contributed by atoms with Gasteiger partial charge in [-0.25, -0.2) is 8.78 Å². The summed E-state index contributed by atoms with van der Waals surface area (Å²) in [6, 6.07) is 2.95. The van der Waals surface area contributed by atoms with E-state index in [1.54, 1.807) is 6.92 Å². The van der Waals surface area contributed by atoms with E-state index < -0.39 is 29.5 Å². The van der Waals surface area contributed by atoms with Gasteiger partial charge in [-0.2, -0.15) is 0 Å². The minimum atomic E-state index is -0.941. The lowest BCUT2D eigenvalue weighted by molar-refractivity contribution is 0.0801. The zero-order chi connectivity index (χ0) is 12.1. The molecule has 0 amide bonds. The molecular weight excluding hydrogens is 216 g/mol. The standard InChI is InChI=1S/C11H15F2NO2/c1-2-9(14)10(15)6-16-11-7(12)4-3-5-8(11)13/h3-5,9-10,15H,2,6,14H2,1H3. The lowest BCUT2D eigenvalue weighted by Gasteiger charge is -2.17. The molecule has 90 valence electrons. The summed E-state index contributed by atoms with van der Waals surface area (Å²) in [7, 11) is 0. The van der Waals surface area contributed by atoms with Gasteiger partial charge in [0.05, 0.1) is 0 Å². The Hall–Kier alpha value is -1.20. The zero-order valence-electron chi connectivity index (χ0n) is 8.99. The first-order valence-electron chi connectivity index (χ1n) is 5.06. The average Bonchev–Trinajstić information content (AvgIpc) is 2.27. The Bertz CT molecular complexity index is 327. The molecule has 0 heterocycles. The van der Waals surface area contributed by atoms with Crippen LogP contribution in [0.1, 0.15) is 13.3 Å². The number of ether oxygens (including phenoxy) is 1. The summed E-state index contributed by atoms with van der Waals surface area (Å²) in [6.07, 6.45) is -0.381. The van der Waals surface area contributed by atoms with Gasteiger partial charge in [0.25, 0.3) is 0 Å². The molecule has 0 radical (unpaired) electrons. The molecule has 0 fully saturated rings. The molecule has 5 heteroatoms. The highest BCUT2D eigenvalue weighted by Gasteiger charge is 2.16. The second-order valence-electron chi connectivity index (χ2n) is 3.50. The van der Waals surface area contributed by atoms with Gasteiger partial charge in [0.2, 0.25) is 0 Å². The van der Waals surface area contributed by atoms with E-state index in [2.05, 4.69) is 0 Å². The van der Waals surface area contributed by atoms with Crippen molar-refractivity contribution in [1.82, 2.24) is 0 Å². The van der Waals surface area contributed by atoms with Gasteiger partial charge in [0, 0.05) is 6.04 Å². The fraction of sp³-hybridized carbons (Fsp3) is 0.455. The number of nitrogens with two attached hydrogens (primary N) is 1. The maximum atomic E-state index is 13.1. The van der Waals surface area contributed by atoms with Gasteiger partial charge in [-0.05, 0) is 18.6 Å². The van der Waals surface area contributed by atoms with Gasteiger partial charge in [0.1, 0.15) is 12.7 Å². The second kappa shape index (κ2) is 5.77. The number of hydrogen-bond donors (Lipinski definition) is 2. The largest absolute Gasteiger partial charge is 0.485 e. The van der Waals surface area contributed by atoms with Gasteiger partial charge in [0.15, 0.2) is 17.4 Å². The van der Waals surface area contributed by atoms with Crippen LogP contribution in [-0.4, -0.2) is 23.9 Å². The van der Waals surface area contributed by atoms with Crippen LogP contribution >= 0.6 is 0 Å². The van der Waals surface area contributed by atoms with Crippen molar-refractivity contribution in [2.45, 2.75) is 25.5 Å². The first kappa shape index (κ1) is 12.9. The van der Waals surface area contributed by atoms with Gasteiger partial charge in [-0.3, -0.25) is 0 Å². The molecule has 1 rings (SSSR count). The zero-order valence-corrected chi connectivity index (χ0v) is 8.99. The van der Waals surface area contributed by atoms with E-state index in [-0.39, 0.29) is 6.61 Å². The molecule has 16 heavy (non-hydrogen) atoms. The minimum absolute atomic E-state index is 0.229. The molecule has 0 aromatic heterocycles. The van der Waals surface area contributed by atoms with Gasteiger partial charge < -0.3 is 15.6 Å². The number of aliphatic hydroxyl groups excluding tert-OH is 1. The molecule has 3 nitrogen and oxygen atoms in total. The lowest BCUT2D eigenvalue weighted by atomic mass is 10.1. The maximum absolute atomic E-state index is 13.1. The van der Waals surface area contributed by atoms with Crippen LogP contribution in [0.4, 0.5) is 8.78 Å². The summed E-state index contributed by atoms with van der Waals surface area (Å²) in [6.45, 7) is 1.57. The molecule has 0 saturated carbocycles. The third-order valence-corrected chi connectivity index (χ3v) is 2.28. The lowest BCUT2D eigenvalue weighted by Crippen LogP contribution is -2.38. The van der Waals surface area contributed by atoms with E-state index in [4.69, 9.17) is 10.5 Å². The van der Waals surface area contributed by atoms with E-state index in [9.17, 15) is 13.9 Å². The van der Waals surface area contributed by atoms with Crippen LogP contribution in [0.25, 0.3) is 0 Å². The van der Waals surface area contributed by atoms with Crippen molar-refractivity contribution in [3.05, 3.63) is 29.8 Å². The monoisotopic (exact) mass is 231 g/mol. The van der Waals surface area contributed by atoms with E-state index in [1.807, 2.05) is 0 Å². The highest BCUT2D eigenvalue weighted by molar-refractivity contribution is 5.26. The number of para-hydroxylation sites is 1. The molecule has 1 aromatic rings. The molecule has 0 spiro atoms. The third kappa shape index (κ3) is 3.15. The van der Waals surface area contributed by atoms with Crippen molar-refractivity contribution in [2.24, 2.45) is 5.73 Å². The number of benzene rings is 1. The predicted octanol–water partition coefficient (Wildman–Crippen LogP) is 1.44. The van der Waals surface area contributed by atoms with Crippen LogP contribution in [0.15, 0.2) is 18.2 Å². The summed E-state index contributed by atoms with van der Waals surface area (Å²) in [4.78, 5) is 0. The van der Waals surface area contributed by atoms with Gasteiger partial charge >= 0.3 is 0 Å². The molecule has 0 bridgehead atoms. The summed E-state index contributed by atoms with van der Waals surface area (Å²) >= 11 is 0. The molecule has 1 aromatic carbocycles. The van der Waals surface area contributed by atoms with Crippen molar-refractivity contribution in [3.63, 3.8) is 0 Å². The molecule has 0 saturated heterocycles. The fourth-order valence-corrected chi connectivity index (χ4v) is 1.18. The number of aliphatic hydroxyl groups is 1. The Morgan fingerprint density at radius 2 is 1.94 bits per heavy atom. The topological polar surface area (TPSA) is 55.5 Å². The summed E-state index contributed by atoms with van der Waals surface area (Å²) in [5.74, 6) is -2.07. The van der Waals surface area contributed by atoms with Crippen molar-refractivity contribution in [3.8, 4) is 5.75 Å². The highest BCUT2D eigenvalue weighted by Crippen LogP contribution is 2.21. The maximum Gasteiger partial charge on any atom is 0.190 e. The summed E-state index contributed by atoms with van der Waals surface area (Å²) < 4.78 is 31.1. The number of halogens is 2. The number of rotatable bonds is 5. The van der Waals surface area contributed by atoms with E-state index in [1.165, 1.54) is 6.07 Å². The molecule has 2 unspecified atom stereocenters. The Balaban J connectivity index is 2.61. The minimum Gasteiger partial charge on any atom is -0.485 e. The van der Waals surface area contributed by atoms with Crippen LogP contribution in [0.2, 0.25) is 0 Å². The normalized spacial score (nSPS) is 14.6. The summed E-state index contributed by atoms with van der Waals surface area (Å²) in [5.41, 5.74) is 5.54.